The van der Waals surface area contributed by atoms with Gasteiger partial charge in [-0.3, -0.25) is 0 Å². The van der Waals surface area contributed by atoms with E-state index >= 15 is 0 Å². The minimum absolute atomic E-state index is 0.0172. The molecule has 0 fully saturated rings. The van der Waals surface area contributed by atoms with Gasteiger partial charge in [0.2, 0.25) is 5.90 Å². The van der Waals surface area contributed by atoms with Gasteiger partial charge in [-0.2, -0.15) is 0 Å². The average Bonchev–Trinajstić information content (AvgIpc) is 3.54. The second-order valence-corrected chi connectivity index (χ2v) is 11.9. The van der Waals surface area contributed by atoms with Crippen molar-refractivity contribution in [2.24, 2.45) is 4.99 Å². The predicted octanol–water partition coefficient (Wildman–Crippen LogP) is 9.65. The molecule has 2 atom stereocenters. The van der Waals surface area contributed by atoms with E-state index in [0.717, 1.165) is 60.7 Å². The van der Waals surface area contributed by atoms with Crippen LogP contribution in [0.4, 0.5) is 0 Å². The lowest BCUT2D eigenvalue weighted by molar-refractivity contribution is 0.255. The molecule has 0 amide bonds. The number of allylic oxidation sites excluding steroid dienone is 2. The van der Waals surface area contributed by atoms with E-state index in [1.54, 1.807) is 0 Å². The van der Waals surface area contributed by atoms with Crippen molar-refractivity contribution in [1.29, 1.82) is 0 Å². The van der Waals surface area contributed by atoms with E-state index in [1.165, 1.54) is 21.5 Å². The topological polar surface area (TPSA) is 47.4 Å². The first kappa shape index (κ1) is 24.6. The van der Waals surface area contributed by atoms with E-state index in [2.05, 4.69) is 115 Å². The number of aromatic nitrogens is 2. The molecule has 0 saturated carbocycles. The molecule has 0 saturated heterocycles. The number of pyridine rings is 2. The van der Waals surface area contributed by atoms with Gasteiger partial charge in [0, 0.05) is 27.5 Å². The van der Waals surface area contributed by atoms with Crippen LogP contribution in [0.25, 0.3) is 76.6 Å². The molecule has 4 nitrogen and oxygen atoms in total. The fourth-order valence-electron chi connectivity index (χ4n) is 7.17. The van der Waals surface area contributed by atoms with Crippen LogP contribution in [0.2, 0.25) is 0 Å². The Morgan fingerprint density at radius 1 is 0.489 bits per heavy atom. The number of rotatable bonds is 3. The summed E-state index contributed by atoms with van der Waals surface area (Å²) in [6.07, 6.45) is 8.20. The SMILES string of the molecule is C1=CC2N=C(c3cc(-c4ccc5ccccc5n4)c4ccc5ccc(-c6ccc7ccccc7n6)c6ccc3c4c56)OC2C=C1. The van der Waals surface area contributed by atoms with Crippen LogP contribution in [0, 0.1) is 0 Å². The zero-order valence-corrected chi connectivity index (χ0v) is 24.2. The Hall–Kier alpha value is -5.87. The van der Waals surface area contributed by atoms with Crippen molar-refractivity contribution in [2.75, 3.05) is 0 Å². The summed E-state index contributed by atoms with van der Waals surface area (Å²) in [5.74, 6) is 0.678. The Kier molecular flexibility index (Phi) is 5.08. The number of hydrogen-bond acceptors (Lipinski definition) is 4. The van der Waals surface area contributed by atoms with Crippen LogP contribution in [0.3, 0.4) is 0 Å². The summed E-state index contributed by atoms with van der Waals surface area (Å²) in [7, 11) is 0. The summed E-state index contributed by atoms with van der Waals surface area (Å²) in [5.41, 5.74) is 7.05. The average molecular weight is 576 g/mol. The molecule has 0 radical (unpaired) electrons. The van der Waals surface area contributed by atoms with Gasteiger partial charge in [-0.15, -0.1) is 0 Å². The first-order chi connectivity index (χ1) is 22.3. The molecule has 2 aliphatic rings. The molecule has 10 rings (SSSR count). The van der Waals surface area contributed by atoms with Gasteiger partial charge in [-0.05, 0) is 68.7 Å². The molecule has 0 N–H and O–H groups in total. The van der Waals surface area contributed by atoms with Crippen molar-refractivity contribution in [2.45, 2.75) is 12.1 Å². The Balaban J connectivity index is 1.28. The maximum Gasteiger partial charge on any atom is 0.218 e. The number of hydrogen-bond donors (Lipinski definition) is 0. The smallest absolute Gasteiger partial charge is 0.218 e. The summed E-state index contributed by atoms with van der Waals surface area (Å²) in [6, 6.07) is 40.8. The third kappa shape index (κ3) is 3.69. The molecule has 1 aliphatic heterocycles. The van der Waals surface area contributed by atoms with Gasteiger partial charge in [0.15, 0.2) is 0 Å². The van der Waals surface area contributed by atoms with Crippen molar-refractivity contribution in [3.05, 3.63) is 145 Å². The third-order valence-corrected chi connectivity index (χ3v) is 9.33. The highest BCUT2D eigenvalue weighted by Crippen LogP contribution is 2.44. The Bertz CT molecular complexity index is 2600. The van der Waals surface area contributed by atoms with Crippen molar-refractivity contribution >= 4 is 60.0 Å². The quantitative estimate of drug-likeness (QED) is 0.197. The predicted molar refractivity (Wildman–Crippen MR) is 185 cm³/mol. The Morgan fingerprint density at radius 2 is 1.09 bits per heavy atom. The second-order valence-electron chi connectivity index (χ2n) is 11.9. The number of aliphatic imine (C=N–C) groups is 1. The lowest BCUT2D eigenvalue weighted by Gasteiger charge is -2.19. The molecular formula is C41H25N3O. The Labute approximate surface area is 259 Å². The maximum absolute atomic E-state index is 6.52. The number of benzene rings is 6. The van der Waals surface area contributed by atoms with E-state index in [-0.39, 0.29) is 12.1 Å². The molecule has 1 aliphatic carbocycles. The molecule has 0 bridgehead atoms. The number of fused-ring (bicyclic) bond motifs is 3. The zero-order chi connectivity index (χ0) is 29.5. The molecule has 8 aromatic rings. The van der Waals surface area contributed by atoms with Crippen molar-refractivity contribution in [3.63, 3.8) is 0 Å². The van der Waals surface area contributed by atoms with Gasteiger partial charge in [0.25, 0.3) is 0 Å². The van der Waals surface area contributed by atoms with Crippen LogP contribution in [0.5, 0.6) is 0 Å². The van der Waals surface area contributed by atoms with E-state index < -0.39 is 0 Å². The summed E-state index contributed by atoms with van der Waals surface area (Å²) in [4.78, 5) is 15.3. The van der Waals surface area contributed by atoms with Gasteiger partial charge in [-0.1, -0.05) is 103 Å². The van der Waals surface area contributed by atoms with Crippen molar-refractivity contribution in [3.8, 4) is 22.5 Å². The van der Waals surface area contributed by atoms with Crippen molar-refractivity contribution in [1.82, 2.24) is 9.97 Å². The van der Waals surface area contributed by atoms with Gasteiger partial charge in [0.05, 0.1) is 22.4 Å². The molecule has 45 heavy (non-hydrogen) atoms. The standard InChI is InChI=1S/C41H25N3O/c1-3-9-33-24(7-1)15-21-35(42-33)27-17-13-26-14-18-29-31(36-22-16-25-8-2-4-10-34(25)43-36)23-32(30-20-19-28(27)39(26)40(29)30)41-44-37-11-5-6-12-38(37)45-41/h1-23,37-38H. The van der Waals surface area contributed by atoms with E-state index in [9.17, 15) is 0 Å². The first-order valence-corrected chi connectivity index (χ1v) is 15.4. The molecule has 6 aromatic carbocycles. The zero-order valence-electron chi connectivity index (χ0n) is 24.2. The highest BCUT2D eigenvalue weighted by atomic mass is 16.5. The van der Waals surface area contributed by atoms with Crippen LogP contribution in [-0.2, 0) is 4.74 Å². The summed E-state index contributed by atoms with van der Waals surface area (Å²) >= 11 is 0. The lowest BCUT2D eigenvalue weighted by Crippen LogP contribution is -2.19. The van der Waals surface area contributed by atoms with Crippen LogP contribution >= 0.6 is 0 Å². The highest BCUT2D eigenvalue weighted by molar-refractivity contribution is 6.30. The molecule has 3 heterocycles. The van der Waals surface area contributed by atoms with Crippen LogP contribution in [0.1, 0.15) is 5.56 Å². The molecule has 210 valence electrons. The second kappa shape index (κ2) is 9.31. The number of nitrogens with zero attached hydrogens (tertiary/aromatic N) is 3. The summed E-state index contributed by atoms with van der Waals surface area (Å²) in [5, 5.41) is 9.33. The largest absolute Gasteiger partial charge is 0.467 e. The first-order valence-electron chi connectivity index (χ1n) is 15.4. The monoisotopic (exact) mass is 575 g/mol. The van der Waals surface area contributed by atoms with Crippen molar-refractivity contribution < 1.29 is 4.74 Å². The van der Waals surface area contributed by atoms with Crippen LogP contribution in [-0.4, -0.2) is 28.0 Å². The molecular weight excluding hydrogens is 550 g/mol. The third-order valence-electron chi connectivity index (χ3n) is 9.33. The van der Waals surface area contributed by atoms with Gasteiger partial charge >= 0.3 is 0 Å². The van der Waals surface area contributed by atoms with Crippen LogP contribution < -0.4 is 0 Å². The van der Waals surface area contributed by atoms with Gasteiger partial charge in [0.1, 0.15) is 12.1 Å². The lowest BCUT2D eigenvalue weighted by atomic mass is 9.86. The summed E-state index contributed by atoms with van der Waals surface area (Å²) in [6.45, 7) is 0. The number of ether oxygens (including phenoxy) is 1. The van der Waals surface area contributed by atoms with Gasteiger partial charge < -0.3 is 4.74 Å². The highest BCUT2D eigenvalue weighted by Gasteiger charge is 2.31. The number of para-hydroxylation sites is 2. The maximum atomic E-state index is 6.52. The fraction of sp³-hybridized carbons (Fsp3) is 0.0488. The molecule has 4 heteroatoms. The van der Waals surface area contributed by atoms with Crippen LogP contribution in [0.15, 0.2) is 145 Å². The normalized spacial score (nSPS) is 17.5. The van der Waals surface area contributed by atoms with E-state index in [4.69, 9.17) is 19.7 Å². The van der Waals surface area contributed by atoms with E-state index in [1.807, 2.05) is 24.3 Å². The van der Waals surface area contributed by atoms with E-state index in [0.29, 0.717) is 5.90 Å². The molecule has 2 aromatic heterocycles. The molecule has 2 unspecified atom stereocenters. The minimum Gasteiger partial charge on any atom is -0.467 e. The Morgan fingerprint density at radius 3 is 1.84 bits per heavy atom. The minimum atomic E-state index is -0.0867. The molecule has 0 spiro atoms. The fourth-order valence-corrected chi connectivity index (χ4v) is 7.17. The van der Waals surface area contributed by atoms with Gasteiger partial charge in [-0.25, -0.2) is 15.0 Å². The summed E-state index contributed by atoms with van der Waals surface area (Å²) < 4.78 is 6.52.